The fourth-order valence-corrected chi connectivity index (χ4v) is 5.77. The first-order chi connectivity index (χ1) is 21.7. The van der Waals surface area contributed by atoms with E-state index in [1.807, 2.05) is 19.9 Å². The molecule has 3 aromatic rings. The lowest BCUT2D eigenvalue weighted by molar-refractivity contribution is 0.454. The van der Waals surface area contributed by atoms with E-state index in [0.717, 1.165) is 44.5 Å². The lowest BCUT2D eigenvalue weighted by Crippen LogP contribution is -2.22. The van der Waals surface area contributed by atoms with Crippen LogP contribution in [-0.2, 0) is 0 Å². The van der Waals surface area contributed by atoms with Gasteiger partial charge in [-0.1, -0.05) is 81.5 Å². The number of hydrogen-bond donors (Lipinski definition) is 1. The number of nitrogens with one attached hydrogen (secondary N) is 1. The quantitative estimate of drug-likeness (QED) is 0.134. The van der Waals surface area contributed by atoms with Gasteiger partial charge in [0.1, 0.15) is 11.2 Å². The number of allylic oxidation sites excluding steroid dienone is 7. The van der Waals surface area contributed by atoms with E-state index >= 15 is 0 Å². The third kappa shape index (κ3) is 10.0. The second-order valence-electron chi connectivity index (χ2n) is 11.0. The average Bonchev–Trinajstić information content (AvgIpc) is 3.35. The Bertz CT molecular complexity index is 1600. The number of benzene rings is 2. The van der Waals surface area contributed by atoms with E-state index in [1.165, 1.54) is 35.1 Å². The van der Waals surface area contributed by atoms with Crippen LogP contribution in [-0.4, -0.2) is 0 Å². The van der Waals surface area contributed by atoms with Gasteiger partial charge in [0, 0.05) is 22.2 Å². The fraction of sp³-hybridized carbons (Fsp3) is 0.302. The van der Waals surface area contributed by atoms with Crippen molar-refractivity contribution < 1.29 is 4.42 Å². The van der Waals surface area contributed by atoms with Gasteiger partial charge in [-0.2, -0.15) is 0 Å². The molecule has 45 heavy (non-hydrogen) atoms. The maximum Gasteiger partial charge on any atom is 0.137 e. The van der Waals surface area contributed by atoms with Crippen LogP contribution in [0.5, 0.6) is 0 Å². The molecule has 1 aromatic heterocycles. The maximum atomic E-state index is 6.08. The molecule has 2 aromatic carbocycles. The summed E-state index contributed by atoms with van der Waals surface area (Å²) in [6.07, 6.45) is 21.4. The van der Waals surface area contributed by atoms with E-state index in [-0.39, 0.29) is 0 Å². The summed E-state index contributed by atoms with van der Waals surface area (Å²) in [6.45, 7) is 29.8. The fourth-order valence-electron chi connectivity index (χ4n) is 5.77. The number of aryl methyl sites for hydroxylation is 1. The zero-order valence-corrected chi connectivity index (χ0v) is 29.3. The summed E-state index contributed by atoms with van der Waals surface area (Å²) in [6, 6.07) is 17.3. The summed E-state index contributed by atoms with van der Waals surface area (Å²) >= 11 is 0. The van der Waals surface area contributed by atoms with Crippen molar-refractivity contribution in [1.29, 1.82) is 0 Å². The Hall–Kier alpha value is -4.48. The van der Waals surface area contributed by atoms with E-state index in [9.17, 15) is 0 Å². The first-order valence-electron chi connectivity index (χ1n) is 15.9. The average molecular weight is 602 g/mol. The van der Waals surface area contributed by atoms with Crippen LogP contribution < -0.4 is 16.0 Å². The molecule has 238 valence electrons. The van der Waals surface area contributed by atoms with Crippen molar-refractivity contribution in [1.82, 2.24) is 0 Å². The molecule has 0 bridgehead atoms. The molecule has 0 saturated carbocycles. The summed E-state index contributed by atoms with van der Waals surface area (Å²) in [5.41, 5.74) is 11.7. The lowest BCUT2D eigenvalue weighted by atomic mass is 9.79. The SMILES string of the molecule is C#C.C=C.C=c1c(/C=C\C)c(C)o/c1=C(/C)c1ccc(Nc2ccc(/C(C)=C(C)/C(=C\C)C(C)C(/C=C\C)CCC)cc2)cc1. The van der Waals surface area contributed by atoms with Crippen molar-refractivity contribution in [3.63, 3.8) is 0 Å². The van der Waals surface area contributed by atoms with E-state index in [2.05, 4.69) is 159 Å². The molecule has 2 heteroatoms. The van der Waals surface area contributed by atoms with E-state index in [4.69, 9.17) is 4.42 Å². The minimum atomic E-state index is 0.489. The Morgan fingerprint density at radius 1 is 0.889 bits per heavy atom. The summed E-state index contributed by atoms with van der Waals surface area (Å²) in [4.78, 5) is 0. The second-order valence-corrected chi connectivity index (χ2v) is 11.0. The predicted molar refractivity (Wildman–Crippen MR) is 203 cm³/mol. The van der Waals surface area contributed by atoms with E-state index in [1.54, 1.807) is 0 Å². The third-order valence-electron chi connectivity index (χ3n) is 8.33. The molecule has 0 amide bonds. The van der Waals surface area contributed by atoms with Crippen molar-refractivity contribution >= 4 is 35.2 Å². The van der Waals surface area contributed by atoms with Crippen LogP contribution in [0, 0.1) is 31.6 Å². The van der Waals surface area contributed by atoms with Gasteiger partial charge < -0.3 is 9.73 Å². The molecule has 2 atom stereocenters. The van der Waals surface area contributed by atoms with E-state index in [0.29, 0.717) is 11.8 Å². The number of hydrogen-bond acceptors (Lipinski definition) is 2. The van der Waals surface area contributed by atoms with Gasteiger partial charge in [-0.3, -0.25) is 0 Å². The first-order valence-corrected chi connectivity index (χ1v) is 15.9. The maximum absolute atomic E-state index is 6.08. The van der Waals surface area contributed by atoms with Gasteiger partial charge >= 0.3 is 0 Å². The van der Waals surface area contributed by atoms with Gasteiger partial charge in [0.2, 0.25) is 0 Å². The van der Waals surface area contributed by atoms with Crippen molar-refractivity contribution in [2.45, 2.75) is 75.2 Å². The minimum absolute atomic E-state index is 0.489. The molecule has 2 nitrogen and oxygen atoms in total. The molecular formula is C43H55NO. The molecule has 0 aliphatic rings. The molecule has 2 unspecified atom stereocenters. The minimum Gasteiger partial charge on any atom is -0.460 e. The van der Waals surface area contributed by atoms with Gasteiger partial charge in [0.15, 0.2) is 0 Å². The molecular weight excluding hydrogens is 546 g/mol. The van der Waals surface area contributed by atoms with Gasteiger partial charge in [-0.15, -0.1) is 26.0 Å². The second kappa shape index (κ2) is 19.7. The van der Waals surface area contributed by atoms with Crippen LogP contribution >= 0.6 is 0 Å². The van der Waals surface area contributed by atoms with Gasteiger partial charge in [0.05, 0.1) is 0 Å². The van der Waals surface area contributed by atoms with Crippen molar-refractivity contribution in [2.75, 3.05) is 5.32 Å². The lowest BCUT2D eigenvalue weighted by Gasteiger charge is -2.25. The van der Waals surface area contributed by atoms with Crippen LogP contribution in [0.25, 0.3) is 23.8 Å². The topological polar surface area (TPSA) is 25.2 Å². The normalized spacial score (nSPS) is 14.1. The van der Waals surface area contributed by atoms with Crippen LogP contribution in [0.15, 0.2) is 102 Å². The highest BCUT2D eigenvalue weighted by molar-refractivity contribution is 5.73. The Kier molecular flexibility index (Phi) is 16.9. The Morgan fingerprint density at radius 2 is 1.42 bits per heavy atom. The summed E-state index contributed by atoms with van der Waals surface area (Å²) < 4.78 is 6.08. The number of furan rings is 1. The van der Waals surface area contributed by atoms with Gasteiger partial charge in [-0.25, -0.2) is 0 Å². The standard InChI is InChI=1S/C39H49NO.C2H4.C2H2/c1-11-15-32(16-12-2)28(7)37(14-4)27(6)26(5)33-18-22-35(23-19-33)40-36-24-20-34(21-25-36)29(8)39-30(9)38(17-13-3)31(10)41-39;2*1-2/h11,13-15,17-25,28,32,40H,9,12,16H2,1-8,10H3;1-2H2;1-2H/b15-11-,17-13-,27-26+,37-14+,39-29-;;. The van der Waals surface area contributed by atoms with Crippen molar-refractivity contribution in [3.05, 3.63) is 130 Å². The summed E-state index contributed by atoms with van der Waals surface area (Å²) in [5.74, 6) is 1.95. The van der Waals surface area contributed by atoms with Crippen LogP contribution in [0.4, 0.5) is 11.4 Å². The number of rotatable bonds is 11. The summed E-state index contributed by atoms with van der Waals surface area (Å²) in [7, 11) is 0. The van der Waals surface area contributed by atoms with Gasteiger partial charge in [0.25, 0.3) is 0 Å². The zero-order chi connectivity index (χ0) is 34.1. The molecule has 0 fully saturated rings. The predicted octanol–water partition coefficient (Wildman–Crippen LogP) is 11.4. The Morgan fingerprint density at radius 3 is 1.89 bits per heavy atom. The smallest absolute Gasteiger partial charge is 0.137 e. The number of terminal acetylenes is 1. The molecule has 0 radical (unpaired) electrons. The monoisotopic (exact) mass is 601 g/mol. The highest BCUT2D eigenvalue weighted by Gasteiger charge is 2.20. The van der Waals surface area contributed by atoms with Crippen molar-refractivity contribution in [3.8, 4) is 12.8 Å². The Balaban J connectivity index is 0.00000243. The zero-order valence-electron chi connectivity index (χ0n) is 29.3. The third-order valence-corrected chi connectivity index (χ3v) is 8.33. The van der Waals surface area contributed by atoms with Crippen LogP contribution in [0.2, 0.25) is 0 Å². The largest absolute Gasteiger partial charge is 0.460 e. The molecule has 1 N–H and O–H groups in total. The highest BCUT2D eigenvalue weighted by atomic mass is 16.3. The Labute approximate surface area is 274 Å². The van der Waals surface area contributed by atoms with Crippen LogP contribution in [0.1, 0.15) is 90.7 Å². The summed E-state index contributed by atoms with van der Waals surface area (Å²) in [5, 5.41) is 4.49. The van der Waals surface area contributed by atoms with Crippen LogP contribution in [0.3, 0.4) is 0 Å². The first kappa shape index (κ1) is 38.5. The molecule has 0 aliphatic carbocycles. The molecule has 0 spiro atoms. The number of anilines is 2. The van der Waals surface area contributed by atoms with Gasteiger partial charge in [-0.05, 0) is 124 Å². The molecule has 3 rings (SSSR count). The van der Waals surface area contributed by atoms with Crippen molar-refractivity contribution in [2.24, 2.45) is 11.8 Å². The molecule has 0 saturated heterocycles. The van der Waals surface area contributed by atoms with E-state index < -0.39 is 0 Å². The highest BCUT2D eigenvalue weighted by Crippen LogP contribution is 2.34. The molecule has 1 heterocycles. The molecule has 0 aliphatic heterocycles.